The zero-order valence-electron chi connectivity index (χ0n) is 11.9. The molecule has 1 aromatic carbocycles. The molecule has 116 valence electrons. The van der Waals surface area contributed by atoms with Crippen LogP contribution in [0.15, 0.2) is 23.1 Å². The van der Waals surface area contributed by atoms with Crippen molar-refractivity contribution in [3.63, 3.8) is 0 Å². The van der Waals surface area contributed by atoms with Crippen LogP contribution in [0.25, 0.3) is 0 Å². The van der Waals surface area contributed by atoms with Gasteiger partial charge in [-0.2, -0.15) is 0 Å². The molecule has 2 rings (SSSR count). The lowest BCUT2D eigenvalue weighted by Crippen LogP contribution is -2.38. The van der Waals surface area contributed by atoms with Crippen LogP contribution in [-0.4, -0.2) is 31.8 Å². The molecule has 0 aromatic heterocycles. The average molecular weight is 331 g/mol. The summed E-state index contributed by atoms with van der Waals surface area (Å²) < 4.78 is 22.9. The second-order valence-electron chi connectivity index (χ2n) is 5.25. The number of nitrogens with two attached hydrogens (primary N) is 1. The lowest BCUT2D eigenvalue weighted by Gasteiger charge is -2.28. The number of carbonyl (C=O) groups is 1. The lowest BCUT2D eigenvalue weighted by molar-refractivity contribution is 0.0693. The molecule has 0 bridgehead atoms. The van der Waals surface area contributed by atoms with Gasteiger partial charge in [-0.25, -0.2) is 13.6 Å². The van der Waals surface area contributed by atoms with E-state index >= 15 is 0 Å². The fraction of sp³-hybridized carbons (Fsp3) is 0.500. The molecule has 1 aromatic rings. The predicted molar refractivity (Wildman–Crippen MR) is 81.8 cm³/mol. The summed E-state index contributed by atoms with van der Waals surface area (Å²) in [6.07, 6.45) is 4.21. The highest BCUT2D eigenvalue weighted by Gasteiger charge is 2.27. The van der Waals surface area contributed by atoms with Crippen molar-refractivity contribution in [1.29, 1.82) is 0 Å². The van der Waals surface area contributed by atoms with Crippen molar-refractivity contribution >= 4 is 27.5 Å². The molecule has 0 spiro atoms. The number of amides is 1. The maximum absolute atomic E-state index is 12.6. The van der Waals surface area contributed by atoms with Gasteiger partial charge in [-0.1, -0.05) is 24.4 Å². The Morgan fingerprint density at radius 3 is 2.48 bits per heavy atom. The van der Waals surface area contributed by atoms with E-state index in [0.717, 1.165) is 25.7 Å². The molecule has 2 N–H and O–H groups in total. The first-order chi connectivity index (χ1) is 9.82. The largest absolute Gasteiger partial charge is 0.336 e. The molecule has 5 nitrogen and oxygen atoms in total. The molecular formula is C14H19ClN2O3S. The highest BCUT2D eigenvalue weighted by Crippen LogP contribution is 2.26. The van der Waals surface area contributed by atoms with E-state index < -0.39 is 10.0 Å². The van der Waals surface area contributed by atoms with Crippen LogP contribution in [0, 0.1) is 0 Å². The van der Waals surface area contributed by atoms with Gasteiger partial charge in [0, 0.05) is 23.2 Å². The molecule has 1 aliphatic carbocycles. The molecule has 7 heteroatoms. The molecule has 0 radical (unpaired) electrons. The summed E-state index contributed by atoms with van der Waals surface area (Å²) in [6, 6.07) is 4.25. The number of nitrogens with zero attached hydrogens (tertiary/aromatic N) is 1. The summed E-state index contributed by atoms with van der Waals surface area (Å²) in [5.41, 5.74) is 0.264. The van der Waals surface area contributed by atoms with Crippen LogP contribution in [0.5, 0.6) is 0 Å². The lowest BCUT2D eigenvalue weighted by atomic mass is 10.1. The van der Waals surface area contributed by atoms with Gasteiger partial charge in [0.25, 0.3) is 5.91 Å². The van der Waals surface area contributed by atoms with Crippen molar-refractivity contribution in [2.45, 2.75) is 43.5 Å². The van der Waals surface area contributed by atoms with Crippen molar-refractivity contribution < 1.29 is 13.2 Å². The standard InChI is InChI=1S/C14H19ClN2O3S/c1-2-17(12-5-3-4-6-12)14(18)10-7-11(15)9-13(8-10)21(16,19)20/h7-9,12H,2-6H2,1H3,(H2,16,19,20). The van der Waals surface area contributed by atoms with E-state index in [1.807, 2.05) is 6.92 Å². The Hall–Kier alpha value is -1.11. The minimum Gasteiger partial charge on any atom is -0.336 e. The first-order valence-corrected chi connectivity index (χ1v) is 8.89. The first-order valence-electron chi connectivity index (χ1n) is 6.97. The summed E-state index contributed by atoms with van der Waals surface area (Å²) in [5.74, 6) is -0.197. The molecule has 0 unspecified atom stereocenters. The summed E-state index contributed by atoms with van der Waals surface area (Å²) in [4.78, 5) is 14.3. The molecular weight excluding hydrogens is 312 g/mol. The van der Waals surface area contributed by atoms with Crippen LogP contribution in [0.3, 0.4) is 0 Å². The summed E-state index contributed by atoms with van der Waals surface area (Å²) >= 11 is 5.92. The first kappa shape index (κ1) is 16.3. The molecule has 1 aliphatic rings. The minimum atomic E-state index is -3.89. The van der Waals surface area contributed by atoms with Gasteiger partial charge in [0.2, 0.25) is 10.0 Å². The highest BCUT2D eigenvalue weighted by atomic mass is 35.5. The maximum Gasteiger partial charge on any atom is 0.254 e. The van der Waals surface area contributed by atoms with Crippen LogP contribution in [0.1, 0.15) is 43.0 Å². The number of halogens is 1. The van der Waals surface area contributed by atoms with Gasteiger partial charge < -0.3 is 4.90 Å². The number of primary sulfonamides is 1. The van der Waals surface area contributed by atoms with Crippen LogP contribution in [0.4, 0.5) is 0 Å². The van der Waals surface area contributed by atoms with Crippen molar-refractivity contribution in [2.24, 2.45) is 5.14 Å². The van der Waals surface area contributed by atoms with Gasteiger partial charge in [0.15, 0.2) is 0 Å². The third-order valence-corrected chi connectivity index (χ3v) is 4.92. The fourth-order valence-corrected chi connectivity index (χ4v) is 3.68. The monoisotopic (exact) mass is 330 g/mol. The number of hydrogen-bond acceptors (Lipinski definition) is 3. The summed E-state index contributed by atoms with van der Waals surface area (Å²) in [7, 11) is -3.89. The molecule has 1 fully saturated rings. The number of sulfonamides is 1. The van der Waals surface area contributed by atoms with E-state index in [4.69, 9.17) is 16.7 Å². The Morgan fingerprint density at radius 1 is 1.33 bits per heavy atom. The van der Waals surface area contributed by atoms with Gasteiger partial charge in [-0.3, -0.25) is 4.79 Å². The molecule has 0 atom stereocenters. The third-order valence-electron chi connectivity index (χ3n) is 3.81. The van der Waals surface area contributed by atoms with E-state index in [9.17, 15) is 13.2 Å². The predicted octanol–water partition coefficient (Wildman–Crippen LogP) is 2.39. The highest BCUT2D eigenvalue weighted by molar-refractivity contribution is 7.89. The Bertz CT molecular complexity index is 640. The van der Waals surface area contributed by atoms with Crippen molar-refractivity contribution in [1.82, 2.24) is 4.90 Å². The van der Waals surface area contributed by atoms with Crippen molar-refractivity contribution in [3.05, 3.63) is 28.8 Å². The van der Waals surface area contributed by atoms with Gasteiger partial charge >= 0.3 is 0 Å². The number of carbonyl (C=O) groups excluding carboxylic acids is 1. The van der Waals surface area contributed by atoms with Gasteiger partial charge in [-0.15, -0.1) is 0 Å². The SMILES string of the molecule is CCN(C(=O)c1cc(Cl)cc(S(N)(=O)=O)c1)C1CCCC1. The fourth-order valence-electron chi connectivity index (χ4n) is 2.80. The average Bonchev–Trinajstić information content (AvgIpc) is 2.91. The number of benzene rings is 1. The molecule has 1 saturated carbocycles. The molecule has 21 heavy (non-hydrogen) atoms. The van der Waals surface area contributed by atoms with E-state index in [-0.39, 0.29) is 27.4 Å². The van der Waals surface area contributed by atoms with Crippen LogP contribution in [0.2, 0.25) is 5.02 Å². The molecule has 1 amide bonds. The Balaban J connectivity index is 2.35. The second-order valence-corrected chi connectivity index (χ2v) is 7.25. The van der Waals surface area contributed by atoms with Crippen molar-refractivity contribution in [2.75, 3.05) is 6.54 Å². The van der Waals surface area contributed by atoms with Gasteiger partial charge in [-0.05, 0) is 38.0 Å². The van der Waals surface area contributed by atoms with Gasteiger partial charge in [0.1, 0.15) is 0 Å². The van der Waals surface area contributed by atoms with E-state index in [1.165, 1.54) is 18.2 Å². The smallest absolute Gasteiger partial charge is 0.254 e. The van der Waals surface area contributed by atoms with Crippen LogP contribution < -0.4 is 5.14 Å². The Morgan fingerprint density at radius 2 is 1.95 bits per heavy atom. The van der Waals surface area contributed by atoms with E-state index in [2.05, 4.69) is 0 Å². The van der Waals surface area contributed by atoms with Crippen molar-refractivity contribution in [3.8, 4) is 0 Å². The summed E-state index contributed by atoms with van der Waals surface area (Å²) in [5, 5.41) is 5.30. The zero-order valence-corrected chi connectivity index (χ0v) is 13.5. The van der Waals surface area contributed by atoms with Crippen LogP contribution >= 0.6 is 11.6 Å². The minimum absolute atomic E-state index is 0.138. The number of hydrogen-bond donors (Lipinski definition) is 1. The molecule has 0 heterocycles. The zero-order chi connectivity index (χ0) is 15.6. The Kier molecular flexibility index (Phi) is 4.91. The normalized spacial score (nSPS) is 16.1. The maximum atomic E-state index is 12.6. The van der Waals surface area contributed by atoms with Gasteiger partial charge in [0.05, 0.1) is 4.90 Å². The quantitative estimate of drug-likeness (QED) is 0.920. The molecule has 0 saturated heterocycles. The second kappa shape index (κ2) is 6.34. The topological polar surface area (TPSA) is 80.5 Å². The van der Waals surface area contributed by atoms with E-state index in [1.54, 1.807) is 4.90 Å². The Labute approximate surface area is 130 Å². The molecule has 0 aliphatic heterocycles. The number of rotatable bonds is 4. The third kappa shape index (κ3) is 3.75. The summed E-state index contributed by atoms with van der Waals surface area (Å²) in [6.45, 7) is 2.50. The van der Waals surface area contributed by atoms with Crippen LogP contribution in [-0.2, 0) is 10.0 Å². The van der Waals surface area contributed by atoms with E-state index in [0.29, 0.717) is 6.54 Å².